The molecule has 5 rings (SSSR count). The van der Waals surface area contributed by atoms with E-state index < -0.39 is 6.04 Å². The summed E-state index contributed by atoms with van der Waals surface area (Å²) in [5, 5.41) is 4.59. The monoisotopic (exact) mass is 447 g/mol. The van der Waals surface area contributed by atoms with E-state index in [4.69, 9.17) is 4.42 Å². The lowest BCUT2D eigenvalue weighted by Gasteiger charge is -2.38. The van der Waals surface area contributed by atoms with Crippen LogP contribution in [-0.2, 0) is 11.2 Å². The van der Waals surface area contributed by atoms with E-state index in [-0.39, 0.29) is 11.5 Å². The van der Waals surface area contributed by atoms with E-state index >= 15 is 0 Å². The standard InChI is InChI=1S/C25H29N5O3/c1-5-23-26-30(25(32)21-15-22-20(29(21)23)9-14-33-22)18(4)24(31)28-12-10-27(11-13-28)19-8-6-7-16(2)17(19)3/h6-9,14-15,18H,5,10-13H2,1-4H3. The van der Waals surface area contributed by atoms with E-state index in [0.29, 0.717) is 30.6 Å². The Labute approximate surface area is 192 Å². The predicted octanol–water partition coefficient (Wildman–Crippen LogP) is 3.33. The molecule has 0 spiro atoms. The van der Waals surface area contributed by atoms with Crippen molar-refractivity contribution in [1.29, 1.82) is 0 Å². The van der Waals surface area contributed by atoms with Crippen LogP contribution in [0.5, 0.6) is 0 Å². The number of hydrogen-bond acceptors (Lipinski definition) is 5. The molecule has 1 atom stereocenters. The highest BCUT2D eigenvalue weighted by molar-refractivity contribution is 5.83. The van der Waals surface area contributed by atoms with Gasteiger partial charge in [-0.3, -0.25) is 14.0 Å². The number of furan rings is 1. The molecule has 0 N–H and O–H groups in total. The van der Waals surface area contributed by atoms with Crippen LogP contribution in [0, 0.1) is 13.8 Å². The van der Waals surface area contributed by atoms with Crippen molar-refractivity contribution in [2.24, 2.45) is 0 Å². The summed E-state index contributed by atoms with van der Waals surface area (Å²) in [6.45, 7) is 10.8. The number of piperazine rings is 1. The normalized spacial score (nSPS) is 15.5. The van der Waals surface area contributed by atoms with Crippen molar-refractivity contribution in [3.8, 4) is 0 Å². The summed E-state index contributed by atoms with van der Waals surface area (Å²) in [4.78, 5) is 30.8. The van der Waals surface area contributed by atoms with Crippen LogP contribution in [0.25, 0.3) is 16.6 Å². The van der Waals surface area contributed by atoms with E-state index in [1.807, 2.05) is 22.3 Å². The Balaban J connectivity index is 1.39. The zero-order valence-corrected chi connectivity index (χ0v) is 19.5. The number of fused-ring (bicyclic) bond motifs is 3. The summed E-state index contributed by atoms with van der Waals surface area (Å²) in [6.07, 6.45) is 2.23. The summed E-state index contributed by atoms with van der Waals surface area (Å²) in [5.74, 6) is 0.646. The first kappa shape index (κ1) is 21.3. The summed E-state index contributed by atoms with van der Waals surface area (Å²) in [5.41, 5.74) is 5.43. The quantitative estimate of drug-likeness (QED) is 0.480. The van der Waals surface area contributed by atoms with E-state index in [0.717, 1.165) is 24.4 Å². The van der Waals surface area contributed by atoms with Crippen molar-refractivity contribution in [3.63, 3.8) is 0 Å². The second kappa shape index (κ2) is 8.10. The minimum Gasteiger partial charge on any atom is -0.463 e. The van der Waals surface area contributed by atoms with Gasteiger partial charge in [0.2, 0.25) is 5.91 Å². The summed E-state index contributed by atoms with van der Waals surface area (Å²) >= 11 is 0. The number of benzene rings is 1. The summed E-state index contributed by atoms with van der Waals surface area (Å²) in [6, 6.07) is 9.22. The Kier molecular flexibility index (Phi) is 5.23. The molecule has 0 bridgehead atoms. The molecule has 0 radical (unpaired) electrons. The number of carbonyl (C=O) groups is 1. The third-order valence-corrected chi connectivity index (χ3v) is 6.88. The Morgan fingerprint density at radius 3 is 2.61 bits per heavy atom. The maximum atomic E-state index is 13.4. The first-order valence-electron chi connectivity index (χ1n) is 11.5. The molecular weight excluding hydrogens is 418 g/mol. The lowest BCUT2D eigenvalue weighted by atomic mass is 10.1. The average Bonchev–Trinajstić information content (AvgIpc) is 3.43. The van der Waals surface area contributed by atoms with Crippen molar-refractivity contribution in [2.75, 3.05) is 31.1 Å². The number of aryl methyl sites for hydroxylation is 2. The zero-order valence-electron chi connectivity index (χ0n) is 19.5. The molecule has 0 aliphatic carbocycles. The van der Waals surface area contributed by atoms with Gasteiger partial charge in [0.15, 0.2) is 5.58 Å². The lowest BCUT2D eigenvalue weighted by molar-refractivity contribution is -0.135. The van der Waals surface area contributed by atoms with E-state index in [1.165, 1.54) is 21.5 Å². The van der Waals surface area contributed by atoms with Crippen LogP contribution in [0.1, 0.15) is 36.8 Å². The first-order valence-corrected chi connectivity index (χ1v) is 11.5. The molecule has 4 heterocycles. The molecule has 33 heavy (non-hydrogen) atoms. The van der Waals surface area contributed by atoms with Gasteiger partial charge in [-0.15, -0.1) is 0 Å². The molecular formula is C25H29N5O3. The third kappa shape index (κ3) is 3.41. The molecule has 4 aromatic rings. The number of amides is 1. The van der Waals surface area contributed by atoms with Crippen LogP contribution >= 0.6 is 0 Å². The van der Waals surface area contributed by atoms with Gasteiger partial charge in [0, 0.05) is 50.4 Å². The third-order valence-electron chi connectivity index (χ3n) is 6.88. The van der Waals surface area contributed by atoms with Gasteiger partial charge in [-0.1, -0.05) is 19.1 Å². The number of anilines is 1. The lowest BCUT2D eigenvalue weighted by Crippen LogP contribution is -2.51. The van der Waals surface area contributed by atoms with Crippen molar-refractivity contribution < 1.29 is 9.21 Å². The van der Waals surface area contributed by atoms with Crippen LogP contribution in [0.3, 0.4) is 0 Å². The number of carbonyl (C=O) groups excluding carboxylic acids is 1. The molecule has 0 saturated carbocycles. The maximum absolute atomic E-state index is 13.4. The Hall–Kier alpha value is -3.55. The first-order chi connectivity index (χ1) is 15.9. The van der Waals surface area contributed by atoms with Crippen LogP contribution in [0.4, 0.5) is 5.69 Å². The molecule has 172 valence electrons. The van der Waals surface area contributed by atoms with Gasteiger partial charge in [0.25, 0.3) is 5.56 Å². The van der Waals surface area contributed by atoms with E-state index in [9.17, 15) is 9.59 Å². The zero-order chi connectivity index (χ0) is 23.3. The minimum atomic E-state index is -0.679. The summed E-state index contributed by atoms with van der Waals surface area (Å²) < 4.78 is 8.66. The van der Waals surface area contributed by atoms with Crippen LogP contribution in [0.15, 0.2) is 45.8 Å². The van der Waals surface area contributed by atoms with Crippen molar-refractivity contribution in [2.45, 2.75) is 40.2 Å². The van der Waals surface area contributed by atoms with Gasteiger partial charge in [-0.25, -0.2) is 4.68 Å². The van der Waals surface area contributed by atoms with Crippen molar-refractivity contribution in [3.05, 3.63) is 63.9 Å². The highest BCUT2D eigenvalue weighted by atomic mass is 16.3. The number of nitrogens with zero attached hydrogens (tertiary/aromatic N) is 5. The van der Waals surface area contributed by atoms with Crippen molar-refractivity contribution in [1.82, 2.24) is 19.1 Å². The van der Waals surface area contributed by atoms with Gasteiger partial charge in [-0.05, 0) is 38.0 Å². The van der Waals surface area contributed by atoms with Crippen LogP contribution in [-0.4, -0.2) is 51.2 Å². The molecule has 1 fully saturated rings. The van der Waals surface area contributed by atoms with Gasteiger partial charge < -0.3 is 14.2 Å². The molecule has 1 saturated heterocycles. The molecule has 1 unspecified atom stereocenters. The molecule has 1 aliphatic rings. The largest absolute Gasteiger partial charge is 0.463 e. The molecule has 1 aliphatic heterocycles. The fourth-order valence-electron chi connectivity index (χ4n) is 4.80. The second-order valence-corrected chi connectivity index (χ2v) is 8.76. The Morgan fingerprint density at radius 2 is 1.88 bits per heavy atom. The van der Waals surface area contributed by atoms with Crippen LogP contribution < -0.4 is 10.5 Å². The van der Waals surface area contributed by atoms with Gasteiger partial charge in [0.1, 0.15) is 17.4 Å². The fourth-order valence-corrected chi connectivity index (χ4v) is 4.80. The van der Waals surface area contributed by atoms with Gasteiger partial charge in [0.05, 0.1) is 11.8 Å². The number of rotatable bonds is 4. The number of aromatic nitrogens is 3. The van der Waals surface area contributed by atoms with Gasteiger partial charge >= 0.3 is 0 Å². The topological polar surface area (TPSA) is 76.0 Å². The fraction of sp³-hybridized carbons (Fsp3) is 0.400. The van der Waals surface area contributed by atoms with Gasteiger partial charge in [-0.2, -0.15) is 5.10 Å². The molecule has 8 nitrogen and oxygen atoms in total. The van der Waals surface area contributed by atoms with E-state index in [1.54, 1.807) is 19.3 Å². The Bertz CT molecular complexity index is 1400. The minimum absolute atomic E-state index is 0.0770. The molecule has 1 aromatic carbocycles. The maximum Gasteiger partial charge on any atom is 0.291 e. The highest BCUT2D eigenvalue weighted by Crippen LogP contribution is 2.25. The predicted molar refractivity (Wildman–Crippen MR) is 128 cm³/mol. The molecule has 3 aromatic heterocycles. The molecule has 8 heteroatoms. The van der Waals surface area contributed by atoms with Crippen molar-refractivity contribution >= 4 is 28.2 Å². The van der Waals surface area contributed by atoms with E-state index in [2.05, 4.69) is 42.0 Å². The summed E-state index contributed by atoms with van der Waals surface area (Å²) in [7, 11) is 0. The highest BCUT2D eigenvalue weighted by Gasteiger charge is 2.29. The Morgan fingerprint density at radius 1 is 1.12 bits per heavy atom. The smallest absolute Gasteiger partial charge is 0.291 e. The average molecular weight is 448 g/mol. The number of hydrogen-bond donors (Lipinski definition) is 0. The van der Waals surface area contributed by atoms with Crippen LogP contribution in [0.2, 0.25) is 0 Å². The second-order valence-electron chi connectivity index (χ2n) is 8.76. The molecule has 1 amide bonds. The SMILES string of the molecule is CCc1nn(C(C)C(=O)N2CCN(c3cccc(C)c3C)CC2)c(=O)c2cc3occc3n12.